The predicted molar refractivity (Wildman–Crippen MR) is 120 cm³/mol. The molecule has 5 rings (SSSR count). The van der Waals surface area contributed by atoms with E-state index >= 15 is 0 Å². The summed E-state index contributed by atoms with van der Waals surface area (Å²) in [6, 6.07) is 18.4. The highest BCUT2D eigenvalue weighted by Gasteiger charge is 2.29. The first-order valence-electron chi connectivity index (χ1n) is 10.3. The second-order valence-corrected chi connectivity index (χ2v) is 7.57. The second kappa shape index (κ2) is 9.47. The molecule has 0 aliphatic carbocycles. The van der Waals surface area contributed by atoms with E-state index in [1.165, 1.54) is 18.2 Å². The van der Waals surface area contributed by atoms with E-state index in [4.69, 9.17) is 0 Å². The molecule has 8 heteroatoms. The van der Waals surface area contributed by atoms with E-state index in [0.717, 1.165) is 31.0 Å². The zero-order chi connectivity index (χ0) is 22.5. The summed E-state index contributed by atoms with van der Waals surface area (Å²) >= 11 is 0. The number of halogens is 1. The fraction of sp³-hybridized carbons (Fsp3) is 0.208. The molecule has 0 saturated carbocycles. The molecule has 3 heterocycles. The fourth-order valence-corrected chi connectivity index (χ4v) is 3.66. The van der Waals surface area contributed by atoms with Gasteiger partial charge in [-0.3, -0.25) is 4.79 Å². The SMILES string of the molecule is CN(C(=O)c1cccc(O)c1)[C@H]1CCN(c2ccc3nccn3n2)C1.Fc1ccccc1. The number of aromatic nitrogens is 3. The van der Waals surface area contributed by atoms with Crippen molar-refractivity contribution < 1.29 is 14.3 Å². The van der Waals surface area contributed by atoms with E-state index in [0.29, 0.717) is 5.56 Å². The molecule has 0 radical (unpaired) electrons. The third-order valence-corrected chi connectivity index (χ3v) is 5.42. The Morgan fingerprint density at radius 2 is 1.94 bits per heavy atom. The summed E-state index contributed by atoms with van der Waals surface area (Å²) in [6.07, 6.45) is 4.43. The highest BCUT2D eigenvalue weighted by molar-refractivity contribution is 5.94. The van der Waals surface area contributed by atoms with Crippen molar-refractivity contribution >= 4 is 17.4 Å². The first kappa shape index (κ1) is 21.3. The molecule has 1 N–H and O–H groups in total. The van der Waals surface area contributed by atoms with Crippen molar-refractivity contribution in [1.82, 2.24) is 19.5 Å². The van der Waals surface area contributed by atoms with Gasteiger partial charge in [0.25, 0.3) is 5.91 Å². The molecule has 32 heavy (non-hydrogen) atoms. The molecule has 1 aliphatic rings. The fourth-order valence-electron chi connectivity index (χ4n) is 3.66. The quantitative estimate of drug-likeness (QED) is 0.534. The van der Waals surface area contributed by atoms with Crippen LogP contribution < -0.4 is 4.90 Å². The Hall–Kier alpha value is -3.94. The van der Waals surface area contributed by atoms with Crippen LogP contribution in [0.25, 0.3) is 5.65 Å². The summed E-state index contributed by atoms with van der Waals surface area (Å²) in [4.78, 5) is 20.8. The Morgan fingerprint density at radius 3 is 2.66 bits per heavy atom. The van der Waals surface area contributed by atoms with Gasteiger partial charge >= 0.3 is 0 Å². The normalized spacial score (nSPS) is 15.3. The standard InChI is InChI=1S/C18H19N5O2.C6H5F/c1-21(18(25)13-3-2-4-15(24)11-13)14-7-9-22(12-14)17-6-5-16-19-8-10-23(16)20-17;7-6-4-2-1-3-5-6/h2-6,8,10-11,14,24H,7,9,12H2,1H3;1-5H/t14-;/m0./s1. The van der Waals surface area contributed by atoms with E-state index in [2.05, 4.69) is 15.0 Å². The van der Waals surface area contributed by atoms with E-state index in [1.807, 2.05) is 25.4 Å². The van der Waals surface area contributed by atoms with Crippen LogP contribution in [-0.2, 0) is 0 Å². The number of aromatic hydroxyl groups is 1. The maximum atomic E-state index is 12.6. The molecule has 4 aromatic rings. The Balaban J connectivity index is 0.000000300. The highest BCUT2D eigenvalue weighted by Crippen LogP contribution is 2.22. The lowest BCUT2D eigenvalue weighted by Crippen LogP contribution is -2.39. The molecular weight excluding hydrogens is 409 g/mol. The van der Waals surface area contributed by atoms with Gasteiger partial charge in [0.15, 0.2) is 5.65 Å². The van der Waals surface area contributed by atoms with Gasteiger partial charge < -0.3 is 14.9 Å². The molecule has 1 saturated heterocycles. The minimum absolute atomic E-state index is 0.0826. The van der Waals surface area contributed by atoms with Crippen LogP contribution in [0.3, 0.4) is 0 Å². The first-order chi connectivity index (χ1) is 15.5. The Labute approximate surface area is 185 Å². The lowest BCUT2D eigenvalue weighted by molar-refractivity contribution is 0.0744. The summed E-state index contributed by atoms with van der Waals surface area (Å²) < 4.78 is 13.7. The number of phenols is 1. The summed E-state index contributed by atoms with van der Waals surface area (Å²) in [5.41, 5.74) is 1.31. The number of likely N-dealkylation sites (N-methyl/N-ethyl adjacent to an activating group) is 1. The average molecular weight is 433 g/mol. The molecule has 1 fully saturated rings. The number of benzene rings is 2. The van der Waals surface area contributed by atoms with Crippen LogP contribution in [0, 0.1) is 5.82 Å². The van der Waals surface area contributed by atoms with Crippen LogP contribution >= 0.6 is 0 Å². The monoisotopic (exact) mass is 433 g/mol. The minimum Gasteiger partial charge on any atom is -0.508 e. The molecule has 1 atom stereocenters. The average Bonchev–Trinajstić information content (AvgIpc) is 3.48. The molecule has 0 spiro atoms. The highest BCUT2D eigenvalue weighted by atomic mass is 19.1. The van der Waals surface area contributed by atoms with Crippen LogP contribution in [0.5, 0.6) is 5.75 Å². The molecule has 2 aromatic carbocycles. The van der Waals surface area contributed by atoms with Crippen molar-refractivity contribution in [3.05, 3.63) is 90.5 Å². The summed E-state index contributed by atoms with van der Waals surface area (Å²) in [7, 11) is 1.81. The Morgan fingerprint density at radius 1 is 1.12 bits per heavy atom. The first-order valence-corrected chi connectivity index (χ1v) is 10.3. The minimum atomic E-state index is -0.178. The number of carbonyl (C=O) groups excluding carboxylic acids is 1. The third kappa shape index (κ3) is 4.85. The zero-order valence-electron chi connectivity index (χ0n) is 17.7. The summed E-state index contributed by atoms with van der Waals surface area (Å²) in [5, 5.41) is 14.1. The van der Waals surface area contributed by atoms with Gasteiger partial charge in [0.2, 0.25) is 0 Å². The number of hydrogen-bond donors (Lipinski definition) is 1. The number of fused-ring (bicyclic) bond motifs is 1. The van der Waals surface area contributed by atoms with Gasteiger partial charge in [-0.25, -0.2) is 13.9 Å². The molecular formula is C24H24FN5O2. The van der Waals surface area contributed by atoms with Crippen molar-refractivity contribution in [1.29, 1.82) is 0 Å². The third-order valence-electron chi connectivity index (χ3n) is 5.42. The van der Waals surface area contributed by atoms with Crippen LogP contribution in [0.1, 0.15) is 16.8 Å². The Kier molecular flexibility index (Phi) is 6.30. The van der Waals surface area contributed by atoms with Crippen molar-refractivity contribution in [2.24, 2.45) is 0 Å². The molecule has 1 amide bonds. The van der Waals surface area contributed by atoms with Crippen molar-refractivity contribution in [3.63, 3.8) is 0 Å². The zero-order valence-corrected chi connectivity index (χ0v) is 17.7. The molecule has 2 aromatic heterocycles. The van der Waals surface area contributed by atoms with Crippen LogP contribution in [-0.4, -0.2) is 56.7 Å². The Bertz CT molecular complexity index is 1200. The van der Waals surface area contributed by atoms with Gasteiger partial charge in [0.05, 0.1) is 6.04 Å². The number of imidazole rings is 1. The lowest BCUT2D eigenvalue weighted by Gasteiger charge is -2.25. The summed E-state index contributed by atoms with van der Waals surface area (Å²) in [6.45, 7) is 1.57. The number of amides is 1. The van der Waals surface area contributed by atoms with E-state index in [9.17, 15) is 14.3 Å². The maximum absolute atomic E-state index is 12.6. The maximum Gasteiger partial charge on any atom is 0.254 e. The smallest absolute Gasteiger partial charge is 0.254 e. The lowest BCUT2D eigenvalue weighted by atomic mass is 10.1. The largest absolute Gasteiger partial charge is 0.508 e. The van der Waals surface area contributed by atoms with Gasteiger partial charge in [-0.2, -0.15) is 0 Å². The van der Waals surface area contributed by atoms with Crippen LogP contribution in [0.4, 0.5) is 10.2 Å². The number of hydrogen-bond acceptors (Lipinski definition) is 5. The van der Waals surface area contributed by atoms with Crippen molar-refractivity contribution in [2.45, 2.75) is 12.5 Å². The van der Waals surface area contributed by atoms with Crippen molar-refractivity contribution in [3.8, 4) is 5.75 Å². The molecule has 7 nitrogen and oxygen atoms in total. The number of phenolic OH excluding ortho intramolecular Hbond substituents is 1. The summed E-state index contributed by atoms with van der Waals surface area (Å²) in [5.74, 6) is 0.722. The van der Waals surface area contributed by atoms with E-state index in [-0.39, 0.29) is 23.5 Å². The van der Waals surface area contributed by atoms with Gasteiger partial charge in [0, 0.05) is 38.1 Å². The number of nitrogens with zero attached hydrogens (tertiary/aromatic N) is 5. The predicted octanol–water partition coefficient (Wildman–Crippen LogP) is 3.61. The number of rotatable bonds is 3. The molecule has 0 unspecified atom stereocenters. The molecule has 1 aliphatic heterocycles. The van der Waals surface area contributed by atoms with Gasteiger partial charge in [-0.05, 0) is 48.9 Å². The van der Waals surface area contributed by atoms with E-state index < -0.39 is 0 Å². The number of carbonyl (C=O) groups is 1. The topological polar surface area (TPSA) is 74.0 Å². The van der Waals surface area contributed by atoms with Crippen LogP contribution in [0.15, 0.2) is 79.1 Å². The van der Waals surface area contributed by atoms with Gasteiger partial charge in [0.1, 0.15) is 17.4 Å². The van der Waals surface area contributed by atoms with Gasteiger partial charge in [-0.1, -0.05) is 24.3 Å². The van der Waals surface area contributed by atoms with E-state index in [1.54, 1.807) is 52.0 Å². The molecule has 164 valence electrons. The van der Waals surface area contributed by atoms with Crippen LogP contribution in [0.2, 0.25) is 0 Å². The second-order valence-electron chi connectivity index (χ2n) is 7.57. The number of anilines is 1. The van der Waals surface area contributed by atoms with Crippen molar-refractivity contribution in [2.75, 3.05) is 25.0 Å². The molecule has 0 bridgehead atoms. The van der Waals surface area contributed by atoms with Gasteiger partial charge in [-0.15, -0.1) is 5.10 Å².